The van der Waals surface area contributed by atoms with Gasteiger partial charge in [-0.1, -0.05) is 41.3 Å². The smallest absolute Gasteiger partial charge is 0.156 e. The number of benzene rings is 1. The predicted molar refractivity (Wildman–Crippen MR) is 272 cm³/mol. The van der Waals surface area contributed by atoms with Gasteiger partial charge < -0.3 is 27.1 Å². The van der Waals surface area contributed by atoms with E-state index in [-0.39, 0.29) is 25.7 Å². The van der Waals surface area contributed by atoms with Crippen molar-refractivity contribution in [2.75, 3.05) is 35.7 Å². The Bertz CT molecular complexity index is 3080. The van der Waals surface area contributed by atoms with E-state index >= 15 is 0 Å². The Morgan fingerprint density at radius 1 is 0.742 bits per heavy atom. The third-order valence-electron chi connectivity index (χ3n) is 9.26. The molecule has 338 valence electrons. The van der Waals surface area contributed by atoms with E-state index in [1.165, 1.54) is 11.1 Å². The Morgan fingerprint density at radius 2 is 1.27 bits per heavy atom. The first-order chi connectivity index (χ1) is 32.4. The number of anilines is 3. The Labute approximate surface area is 398 Å². The average molecular weight is 884 g/mol. The summed E-state index contributed by atoms with van der Waals surface area (Å²) in [7, 11) is 1.96. The van der Waals surface area contributed by atoms with Gasteiger partial charge in [-0.25, -0.2) is 15.0 Å². The van der Waals surface area contributed by atoms with E-state index in [4.69, 9.17) is 32.0 Å². The molecule has 0 bridgehead atoms. The lowest BCUT2D eigenvalue weighted by molar-refractivity contribution is 0.187. The van der Waals surface area contributed by atoms with Crippen LogP contribution in [0.5, 0.6) is 0 Å². The van der Waals surface area contributed by atoms with Gasteiger partial charge in [0.25, 0.3) is 0 Å². The van der Waals surface area contributed by atoms with Crippen molar-refractivity contribution in [2.45, 2.75) is 45.7 Å². The minimum absolute atomic E-state index is 0. The molecule has 1 saturated heterocycles. The van der Waals surface area contributed by atoms with Crippen LogP contribution < -0.4 is 27.1 Å². The molecule has 4 heterocycles. The molecule has 1 atom stereocenters. The number of fused-ring (bicyclic) bond motifs is 2. The zero-order valence-electron chi connectivity index (χ0n) is 36.0. The van der Waals surface area contributed by atoms with Gasteiger partial charge in [-0.05, 0) is 182 Å². The highest BCUT2D eigenvalue weighted by Gasteiger charge is 2.46. The molecule has 0 amide bonds. The van der Waals surface area contributed by atoms with Crippen molar-refractivity contribution in [1.29, 1.82) is 5.53 Å². The van der Waals surface area contributed by atoms with Crippen molar-refractivity contribution in [1.82, 2.24) is 15.0 Å². The SMILES string of the molecule is CC#CC#CC#CC#CC#CC#CC#CC#CC#CC#CC#CC.CN(C1=NCc2nc(N3CCC4(CC3)Cc3ccccc3[C@H]4N)cnc21)c1ccnc(N)c1.N=N/N=N/N=N/N=N/N.[HH].[HH].[HH].[HH].[HH].[HH].[HH].[HH].[HH].[HH]. The normalized spacial score (nSPS) is 13.3. The first-order valence-electron chi connectivity index (χ1n) is 19.4. The van der Waals surface area contributed by atoms with E-state index in [0.29, 0.717) is 12.4 Å². The second-order valence-electron chi connectivity index (χ2n) is 13.0. The topological polar surface area (TPSA) is 246 Å². The average Bonchev–Trinajstić information content (AvgIpc) is 3.89. The second-order valence-corrected chi connectivity index (χ2v) is 13.0. The number of nitrogen functional groups attached to an aromatic ring is 1. The van der Waals surface area contributed by atoms with Crippen molar-refractivity contribution >= 4 is 23.2 Å². The maximum Gasteiger partial charge on any atom is 0.156 e. The minimum atomic E-state index is 0. The monoisotopic (exact) mass is 883 g/mol. The molecule has 0 unspecified atom stereocenters. The molecular weight excluding hydrogens is 827 g/mol. The summed E-state index contributed by atoms with van der Waals surface area (Å²) in [4.78, 5) is 22.8. The number of pyridine rings is 1. The molecule has 17 heteroatoms. The lowest BCUT2D eigenvalue weighted by atomic mass is 9.73. The van der Waals surface area contributed by atoms with Crippen LogP contribution in [0.3, 0.4) is 0 Å². The fraction of sp³-hybridized carbons (Fsp3) is 0.224. The number of rotatable bonds is 5. The van der Waals surface area contributed by atoms with Crippen LogP contribution in [-0.2, 0) is 13.0 Å². The summed E-state index contributed by atoms with van der Waals surface area (Å²) < 4.78 is 0. The number of nitrogens with one attached hydrogen (secondary N) is 1. The Morgan fingerprint density at radius 3 is 1.79 bits per heavy atom. The van der Waals surface area contributed by atoms with Gasteiger partial charge >= 0.3 is 0 Å². The van der Waals surface area contributed by atoms with Crippen LogP contribution >= 0.6 is 0 Å². The summed E-state index contributed by atoms with van der Waals surface area (Å²) in [6.07, 6.45) is 6.79. The Hall–Kier alpha value is -10.2. The Balaban J connectivity index is -0.000000199. The van der Waals surface area contributed by atoms with Gasteiger partial charge in [-0.2, -0.15) is 5.53 Å². The molecule has 1 spiro atoms. The van der Waals surface area contributed by atoms with Crippen LogP contribution in [0, 0.1) is 141 Å². The highest BCUT2D eigenvalue weighted by Crippen LogP contribution is 2.50. The quantitative estimate of drug-likeness (QED) is 0.0880. The number of amidine groups is 1. The fourth-order valence-electron chi connectivity index (χ4n) is 6.39. The number of aromatic nitrogens is 3. The van der Waals surface area contributed by atoms with E-state index in [2.05, 4.69) is 207 Å². The molecule has 1 aliphatic carbocycles. The van der Waals surface area contributed by atoms with E-state index in [9.17, 15) is 0 Å². The van der Waals surface area contributed by atoms with Crippen molar-refractivity contribution in [3.8, 4) is 130 Å². The molecule has 0 saturated carbocycles. The van der Waals surface area contributed by atoms with Gasteiger partial charge in [-0.3, -0.25) is 4.99 Å². The van der Waals surface area contributed by atoms with Gasteiger partial charge in [0, 0.05) is 82.1 Å². The lowest BCUT2D eigenvalue weighted by Crippen LogP contribution is -2.44. The Kier molecular flexibility index (Phi) is 20.3. The summed E-state index contributed by atoms with van der Waals surface area (Å²) in [5.41, 5.74) is 24.2. The van der Waals surface area contributed by atoms with E-state index in [1.807, 2.05) is 30.3 Å². The predicted octanol–water partition coefficient (Wildman–Crippen LogP) is 7.21. The molecule has 66 heavy (non-hydrogen) atoms. The van der Waals surface area contributed by atoms with Gasteiger partial charge in [0.15, 0.2) is 5.84 Å². The molecule has 1 aromatic carbocycles. The summed E-state index contributed by atoms with van der Waals surface area (Å²) in [6, 6.07) is 12.5. The number of piperidine rings is 1. The van der Waals surface area contributed by atoms with Crippen LogP contribution in [0.2, 0.25) is 0 Å². The number of nitrogens with two attached hydrogens (primary N) is 3. The molecule has 1 fully saturated rings. The molecule has 2 aromatic heterocycles. The summed E-state index contributed by atoms with van der Waals surface area (Å²) in [5, 5.41) is 19.4. The van der Waals surface area contributed by atoms with Gasteiger partial charge in [-0.15, -0.1) is 0 Å². The number of hydrogen-bond acceptors (Lipinski definition) is 10. The third-order valence-corrected chi connectivity index (χ3v) is 9.26. The van der Waals surface area contributed by atoms with Gasteiger partial charge in [0.1, 0.15) is 17.3 Å². The van der Waals surface area contributed by atoms with Gasteiger partial charge in [0.05, 0.1) is 18.4 Å². The van der Waals surface area contributed by atoms with E-state index in [1.54, 1.807) is 20.0 Å². The van der Waals surface area contributed by atoms with E-state index in [0.717, 1.165) is 61.1 Å². The largest absolute Gasteiger partial charge is 0.384 e. The maximum atomic E-state index is 6.74. The molecule has 7 N–H and O–H groups in total. The molecule has 3 aliphatic rings. The number of nitrogens with zero attached hydrogens (tertiary/aromatic N) is 13. The first-order valence-corrected chi connectivity index (χ1v) is 19.4. The highest BCUT2D eigenvalue weighted by atomic mass is 15.6. The van der Waals surface area contributed by atoms with Crippen LogP contribution in [0.15, 0.2) is 90.3 Å². The highest BCUT2D eigenvalue weighted by molar-refractivity contribution is 6.10. The number of hydrogen-bond donors (Lipinski definition) is 4. The van der Waals surface area contributed by atoms with Crippen LogP contribution in [0.4, 0.5) is 17.3 Å². The van der Waals surface area contributed by atoms with Crippen molar-refractivity contribution in [2.24, 2.45) is 58.5 Å². The second kappa shape index (κ2) is 27.6. The summed E-state index contributed by atoms with van der Waals surface area (Å²) in [6.45, 7) is 5.82. The molecule has 3 aromatic rings. The molecule has 17 nitrogen and oxygen atoms in total. The van der Waals surface area contributed by atoms with Crippen molar-refractivity contribution in [3.05, 3.63) is 71.3 Å². The summed E-state index contributed by atoms with van der Waals surface area (Å²) >= 11 is 0. The van der Waals surface area contributed by atoms with Crippen LogP contribution in [0.25, 0.3) is 0 Å². The van der Waals surface area contributed by atoms with Crippen molar-refractivity contribution < 1.29 is 14.3 Å². The molecule has 0 radical (unpaired) electrons. The first kappa shape index (κ1) is 48.5. The van der Waals surface area contributed by atoms with Gasteiger partial charge in [0.2, 0.25) is 0 Å². The third kappa shape index (κ3) is 15.4. The number of aliphatic imine (C=N–C) groups is 1. The summed E-state index contributed by atoms with van der Waals surface area (Å²) in [5.74, 6) is 62.3. The van der Waals surface area contributed by atoms with Crippen molar-refractivity contribution in [3.63, 3.8) is 0 Å². The van der Waals surface area contributed by atoms with Crippen LogP contribution in [-0.4, -0.2) is 40.9 Å². The standard InChI is InChI=1S/C25H28N8.C24H6.H3N9.10H2/c1-32(17-6-9-28-20(26)12-17)24-22-19(14-30-24)31-21(15-29-22)33-10-7-25(8-11-33)13-16-4-2-3-5-18(16)23(25)27;1-3-5-7-9-11-13-15-17-19-21-23-24-22-20-18-16-14-12-10-8-6-4-2;1-3-5-7-9-8-6-4-2;;;;;;;;;;/h2-6,9,12,15,23H,7-8,10-11,13-14,27H2,1H3,(H2,26,28);1-2H3;(H3,1,2,5,6,9);10*1H/t23-;;;;;;;;;;;;/m1............/s1. The van der Waals surface area contributed by atoms with Crippen LogP contribution in [0.1, 0.15) is 69.5 Å². The minimum Gasteiger partial charge on any atom is -0.384 e. The molecule has 6 rings (SSSR count). The maximum absolute atomic E-state index is 6.74. The lowest BCUT2D eigenvalue weighted by Gasteiger charge is -2.42. The molecular formula is C49H57N17. The van der Waals surface area contributed by atoms with E-state index < -0.39 is 0 Å². The zero-order chi connectivity index (χ0) is 47.1. The zero-order valence-corrected chi connectivity index (χ0v) is 36.0. The fourth-order valence-corrected chi connectivity index (χ4v) is 6.39. The molecule has 2 aliphatic heterocycles.